The molecule has 2 nitrogen and oxygen atoms in total. The number of unbranched alkanes of at least 4 members (excludes halogenated alkanes) is 3. The van der Waals surface area contributed by atoms with Gasteiger partial charge in [0.1, 0.15) is 5.82 Å². The number of rotatable bonds is 4. The van der Waals surface area contributed by atoms with Crippen molar-refractivity contribution in [2.24, 2.45) is 0 Å². The molecule has 1 aromatic heterocycles. The third kappa shape index (κ3) is 4.54. The lowest BCUT2D eigenvalue weighted by Gasteiger charge is -2.01. The molecule has 0 N–H and O–H groups in total. The van der Waals surface area contributed by atoms with Crippen LogP contribution in [-0.4, -0.2) is 9.97 Å². The highest BCUT2D eigenvalue weighted by Crippen LogP contribution is 2.21. The molecule has 0 aliphatic heterocycles. The Labute approximate surface area is 129 Å². The molecule has 4 heteroatoms. The molecule has 108 valence electrons. The summed E-state index contributed by atoms with van der Waals surface area (Å²) in [6.07, 6.45) is 7.71. The average Bonchev–Trinajstić information content (AvgIpc) is 2.50. The highest BCUT2D eigenvalue weighted by atomic mass is 35.5. The monoisotopic (exact) mass is 302 g/mol. The largest absolute Gasteiger partial charge is 0.235 e. The van der Waals surface area contributed by atoms with Gasteiger partial charge in [-0.2, -0.15) is 0 Å². The Balaban J connectivity index is 2.06. The highest BCUT2D eigenvalue weighted by molar-refractivity contribution is 6.30. The molecule has 0 fully saturated rings. The van der Waals surface area contributed by atoms with Crippen molar-refractivity contribution in [1.29, 1.82) is 0 Å². The van der Waals surface area contributed by atoms with Gasteiger partial charge in [-0.1, -0.05) is 43.2 Å². The standard InChI is InChI=1S/C17H16ClFN2/c1-2-3-4-5-6-7-13-11-20-17(21-12-13)14-8-9-15(18)16(19)10-14/h8-12H,2-5H2,1H3. The maximum Gasteiger partial charge on any atom is 0.159 e. The summed E-state index contributed by atoms with van der Waals surface area (Å²) in [5.74, 6) is 6.12. The van der Waals surface area contributed by atoms with Crippen molar-refractivity contribution in [3.05, 3.63) is 47.0 Å². The molecular formula is C17H16ClFN2. The quantitative estimate of drug-likeness (QED) is 0.595. The summed E-state index contributed by atoms with van der Waals surface area (Å²) in [5.41, 5.74) is 1.36. The Bertz CT molecular complexity index is 657. The van der Waals surface area contributed by atoms with Gasteiger partial charge in [0.25, 0.3) is 0 Å². The van der Waals surface area contributed by atoms with E-state index in [2.05, 4.69) is 28.7 Å². The molecule has 0 saturated heterocycles. The fourth-order valence-corrected chi connectivity index (χ4v) is 1.92. The summed E-state index contributed by atoms with van der Waals surface area (Å²) in [6, 6.07) is 4.52. The Kier molecular flexibility index (Phi) is 5.71. The number of benzene rings is 1. The zero-order valence-electron chi connectivity index (χ0n) is 11.9. The first-order valence-electron chi connectivity index (χ1n) is 6.97. The summed E-state index contributed by atoms with van der Waals surface area (Å²) in [7, 11) is 0. The first kappa shape index (κ1) is 15.5. The predicted molar refractivity (Wildman–Crippen MR) is 83.5 cm³/mol. The SMILES string of the molecule is CCCCCC#Cc1cnc(-c2ccc(Cl)c(F)c2)nc1. The van der Waals surface area contributed by atoms with Gasteiger partial charge in [0.2, 0.25) is 0 Å². The van der Waals surface area contributed by atoms with E-state index in [-0.39, 0.29) is 5.02 Å². The van der Waals surface area contributed by atoms with Gasteiger partial charge in [-0.15, -0.1) is 0 Å². The van der Waals surface area contributed by atoms with E-state index in [0.29, 0.717) is 11.4 Å². The van der Waals surface area contributed by atoms with Gasteiger partial charge in [-0.05, 0) is 24.6 Å². The van der Waals surface area contributed by atoms with E-state index in [9.17, 15) is 4.39 Å². The predicted octanol–water partition coefficient (Wildman–Crippen LogP) is 4.87. The van der Waals surface area contributed by atoms with E-state index in [0.717, 1.165) is 18.4 Å². The van der Waals surface area contributed by atoms with Crippen molar-refractivity contribution < 1.29 is 4.39 Å². The maximum absolute atomic E-state index is 13.4. The van der Waals surface area contributed by atoms with Crippen molar-refractivity contribution in [3.63, 3.8) is 0 Å². The lowest BCUT2D eigenvalue weighted by Crippen LogP contribution is -1.90. The minimum Gasteiger partial charge on any atom is -0.235 e. The molecule has 0 aliphatic carbocycles. The van der Waals surface area contributed by atoms with Gasteiger partial charge in [0.15, 0.2) is 5.82 Å². The van der Waals surface area contributed by atoms with Gasteiger partial charge < -0.3 is 0 Å². The van der Waals surface area contributed by atoms with Crippen LogP contribution in [0, 0.1) is 17.7 Å². The van der Waals surface area contributed by atoms with Crippen molar-refractivity contribution >= 4 is 11.6 Å². The summed E-state index contributed by atoms with van der Waals surface area (Å²) in [4.78, 5) is 8.42. The Morgan fingerprint density at radius 3 is 2.62 bits per heavy atom. The second kappa shape index (κ2) is 7.75. The van der Waals surface area contributed by atoms with Crippen LogP contribution in [0.4, 0.5) is 4.39 Å². The first-order valence-corrected chi connectivity index (χ1v) is 7.35. The normalized spacial score (nSPS) is 10.0. The topological polar surface area (TPSA) is 25.8 Å². The van der Waals surface area contributed by atoms with E-state index in [4.69, 9.17) is 11.6 Å². The van der Waals surface area contributed by atoms with Crippen LogP contribution >= 0.6 is 11.6 Å². The third-order valence-electron chi connectivity index (χ3n) is 2.97. The summed E-state index contributed by atoms with van der Waals surface area (Å²) >= 11 is 5.65. The number of nitrogens with zero attached hydrogens (tertiary/aromatic N) is 2. The summed E-state index contributed by atoms with van der Waals surface area (Å²) in [6.45, 7) is 2.17. The zero-order chi connectivity index (χ0) is 15.1. The number of hydrogen-bond donors (Lipinski definition) is 0. The molecule has 0 bridgehead atoms. The lowest BCUT2D eigenvalue weighted by atomic mass is 10.2. The number of aromatic nitrogens is 2. The van der Waals surface area contributed by atoms with Gasteiger partial charge in [-0.3, -0.25) is 0 Å². The Morgan fingerprint density at radius 2 is 1.95 bits per heavy atom. The van der Waals surface area contributed by atoms with Crippen LogP contribution in [0.1, 0.15) is 38.2 Å². The molecule has 1 heterocycles. The molecule has 0 radical (unpaired) electrons. The highest BCUT2D eigenvalue weighted by Gasteiger charge is 2.05. The third-order valence-corrected chi connectivity index (χ3v) is 3.27. The fourth-order valence-electron chi connectivity index (χ4n) is 1.80. The van der Waals surface area contributed by atoms with Crippen LogP contribution in [0.25, 0.3) is 11.4 Å². The molecule has 1 aromatic carbocycles. The van der Waals surface area contributed by atoms with Crippen LogP contribution in [0.2, 0.25) is 5.02 Å². The molecule has 0 atom stereocenters. The van der Waals surface area contributed by atoms with E-state index in [1.54, 1.807) is 18.5 Å². The van der Waals surface area contributed by atoms with Crippen LogP contribution in [-0.2, 0) is 0 Å². The first-order chi connectivity index (χ1) is 10.2. The van der Waals surface area contributed by atoms with E-state index < -0.39 is 5.82 Å². The maximum atomic E-state index is 13.4. The van der Waals surface area contributed by atoms with Crippen LogP contribution in [0.15, 0.2) is 30.6 Å². The molecular weight excluding hydrogens is 287 g/mol. The van der Waals surface area contributed by atoms with E-state index in [1.807, 2.05) is 0 Å². The molecule has 2 aromatic rings. The minimum atomic E-state index is -0.474. The van der Waals surface area contributed by atoms with Gasteiger partial charge in [0, 0.05) is 24.4 Å². The van der Waals surface area contributed by atoms with Gasteiger partial charge in [-0.25, -0.2) is 14.4 Å². The minimum absolute atomic E-state index is 0.0910. The molecule has 0 aliphatic rings. The summed E-state index contributed by atoms with van der Waals surface area (Å²) < 4.78 is 13.4. The average molecular weight is 303 g/mol. The van der Waals surface area contributed by atoms with Gasteiger partial charge >= 0.3 is 0 Å². The second-order valence-corrected chi connectivity index (χ2v) is 5.09. The number of halogens is 2. The van der Waals surface area contributed by atoms with Crippen LogP contribution in [0.5, 0.6) is 0 Å². The zero-order valence-corrected chi connectivity index (χ0v) is 12.6. The Morgan fingerprint density at radius 1 is 1.19 bits per heavy atom. The molecule has 0 amide bonds. The van der Waals surface area contributed by atoms with Crippen LogP contribution < -0.4 is 0 Å². The molecule has 0 spiro atoms. The van der Waals surface area contributed by atoms with E-state index >= 15 is 0 Å². The lowest BCUT2D eigenvalue weighted by molar-refractivity contribution is 0.628. The molecule has 0 unspecified atom stereocenters. The van der Waals surface area contributed by atoms with Gasteiger partial charge in [0.05, 0.1) is 10.6 Å². The van der Waals surface area contributed by atoms with Crippen molar-refractivity contribution in [3.8, 4) is 23.2 Å². The van der Waals surface area contributed by atoms with Crippen molar-refractivity contribution in [2.45, 2.75) is 32.6 Å². The molecule has 0 saturated carbocycles. The van der Waals surface area contributed by atoms with Crippen molar-refractivity contribution in [1.82, 2.24) is 9.97 Å². The fraction of sp³-hybridized carbons (Fsp3) is 0.294. The van der Waals surface area contributed by atoms with Crippen LogP contribution in [0.3, 0.4) is 0 Å². The van der Waals surface area contributed by atoms with E-state index in [1.165, 1.54) is 25.0 Å². The summed E-state index contributed by atoms with van der Waals surface area (Å²) in [5, 5.41) is 0.0910. The second-order valence-electron chi connectivity index (χ2n) is 4.68. The van der Waals surface area contributed by atoms with Crippen molar-refractivity contribution in [2.75, 3.05) is 0 Å². The smallest absolute Gasteiger partial charge is 0.159 e. The molecule has 21 heavy (non-hydrogen) atoms. The Hall–Kier alpha value is -1.92. The number of hydrogen-bond acceptors (Lipinski definition) is 2. The molecule has 2 rings (SSSR count).